The van der Waals surface area contributed by atoms with E-state index >= 15 is 0 Å². The van der Waals surface area contributed by atoms with Gasteiger partial charge in [-0.2, -0.15) is 0 Å². The summed E-state index contributed by atoms with van der Waals surface area (Å²) >= 11 is 0. The highest BCUT2D eigenvalue weighted by Gasteiger charge is 2.49. The second kappa shape index (κ2) is 10.7. The second-order valence-corrected chi connectivity index (χ2v) is 10.1. The van der Waals surface area contributed by atoms with E-state index in [-0.39, 0.29) is 25.2 Å². The Bertz CT molecular complexity index is 1020. The minimum absolute atomic E-state index is 0.00265. The first-order valence-electron chi connectivity index (χ1n) is 12.6. The lowest BCUT2D eigenvalue weighted by Crippen LogP contribution is -2.52. The molecule has 198 valence electrons. The van der Waals surface area contributed by atoms with Gasteiger partial charge in [0.15, 0.2) is 17.6 Å². The molecule has 0 radical (unpaired) electrons. The number of methoxy groups -OCH3 is 2. The molecule has 0 unspecified atom stereocenters. The van der Waals surface area contributed by atoms with Crippen molar-refractivity contribution < 1.29 is 33.3 Å². The number of likely N-dealkylation sites (N-methyl/N-ethyl adjacent to an activating group) is 1. The molecule has 0 spiro atoms. The minimum Gasteiger partial charge on any atom is -0.497 e. The zero-order valence-electron chi connectivity index (χ0n) is 22.2. The van der Waals surface area contributed by atoms with Crippen molar-refractivity contribution in [3.8, 4) is 11.5 Å². The molecule has 0 aromatic heterocycles. The maximum absolute atomic E-state index is 13.7. The topological polar surface area (TPSA) is 86.8 Å². The van der Waals surface area contributed by atoms with Crippen LogP contribution in [0, 0.1) is 0 Å². The monoisotopic (exact) mass is 502 g/mol. The van der Waals surface area contributed by atoms with Gasteiger partial charge in [-0.25, -0.2) is 0 Å². The fraction of sp³-hybridized carbons (Fsp3) is 0.630. The van der Waals surface area contributed by atoms with Gasteiger partial charge in [-0.3, -0.25) is 19.4 Å². The van der Waals surface area contributed by atoms with Crippen LogP contribution >= 0.6 is 0 Å². The van der Waals surface area contributed by atoms with Crippen LogP contribution in [0.2, 0.25) is 0 Å². The van der Waals surface area contributed by atoms with Crippen molar-refractivity contribution >= 4 is 11.9 Å². The van der Waals surface area contributed by atoms with Crippen molar-refractivity contribution in [3.05, 3.63) is 35.1 Å². The molecule has 3 aliphatic rings. The number of rotatable bonds is 9. The van der Waals surface area contributed by atoms with Gasteiger partial charge in [-0.1, -0.05) is 13.3 Å². The van der Waals surface area contributed by atoms with Crippen LogP contribution in [0.1, 0.15) is 50.2 Å². The smallest absolute Gasteiger partial charge is 0.327 e. The Kier molecular flexibility index (Phi) is 7.80. The fourth-order valence-corrected chi connectivity index (χ4v) is 5.29. The molecule has 2 aliphatic heterocycles. The highest BCUT2D eigenvalue weighted by molar-refractivity contribution is 5.86. The summed E-state index contributed by atoms with van der Waals surface area (Å²) in [5.41, 5.74) is 1.03. The Morgan fingerprint density at radius 2 is 1.92 bits per heavy atom. The van der Waals surface area contributed by atoms with E-state index in [1.807, 2.05) is 6.07 Å². The summed E-state index contributed by atoms with van der Waals surface area (Å²) in [6.45, 7) is 5.89. The van der Waals surface area contributed by atoms with Crippen LogP contribution < -0.4 is 9.47 Å². The van der Waals surface area contributed by atoms with Gasteiger partial charge >= 0.3 is 11.9 Å². The van der Waals surface area contributed by atoms with E-state index in [0.29, 0.717) is 11.5 Å². The summed E-state index contributed by atoms with van der Waals surface area (Å²) in [5, 5.41) is 0. The third-order valence-corrected chi connectivity index (χ3v) is 7.80. The predicted octanol–water partition coefficient (Wildman–Crippen LogP) is 2.86. The van der Waals surface area contributed by atoms with Crippen LogP contribution in [-0.2, 0) is 30.2 Å². The first-order valence-corrected chi connectivity index (χ1v) is 12.6. The predicted molar refractivity (Wildman–Crippen MR) is 133 cm³/mol. The Morgan fingerprint density at radius 3 is 2.56 bits per heavy atom. The lowest BCUT2D eigenvalue weighted by Gasteiger charge is -2.36. The molecule has 0 saturated heterocycles. The van der Waals surface area contributed by atoms with Crippen molar-refractivity contribution in [2.24, 2.45) is 0 Å². The van der Waals surface area contributed by atoms with Crippen molar-refractivity contribution in [2.75, 3.05) is 48.2 Å². The molecule has 2 heterocycles. The van der Waals surface area contributed by atoms with Crippen molar-refractivity contribution in [3.63, 3.8) is 0 Å². The quantitative estimate of drug-likeness (QED) is 0.473. The van der Waals surface area contributed by atoms with E-state index in [2.05, 4.69) is 24.0 Å². The first kappa shape index (κ1) is 26.3. The number of ether oxygens (including phenoxy) is 5. The van der Waals surface area contributed by atoms with Crippen molar-refractivity contribution in [2.45, 2.75) is 63.1 Å². The molecule has 4 rings (SSSR count). The SMILES string of the molecule is CCCCN1CCc2cc3c(cc2[C@@H]2[C@H](OC(=O)[C@@](C)(CC(=O)OC)N(C)C)C(OC)=C[C@@H]21)OCO3. The number of unbranched alkanes of at least 4 members (excludes halogenated alkanes) is 1. The van der Waals surface area contributed by atoms with Gasteiger partial charge in [0.05, 0.1) is 20.6 Å². The van der Waals surface area contributed by atoms with Gasteiger partial charge in [0.2, 0.25) is 6.79 Å². The third-order valence-electron chi connectivity index (χ3n) is 7.80. The molecular formula is C27H38N2O7. The minimum atomic E-state index is -1.20. The zero-order chi connectivity index (χ0) is 26.0. The summed E-state index contributed by atoms with van der Waals surface area (Å²) in [7, 11) is 6.43. The standard InChI is InChI=1S/C27H38N2O7/c1-7-8-10-29-11-9-17-12-20-21(35-16-34-20)13-18(17)24-19(29)14-22(32-5)25(24)36-26(31)27(2,28(3)4)15-23(30)33-6/h12-14,19,24-25H,7-11,15-16H2,1-6H3/t19-,24-,25+,27+/m0/s1. The summed E-state index contributed by atoms with van der Waals surface area (Å²) < 4.78 is 28.3. The molecule has 0 amide bonds. The molecule has 0 saturated carbocycles. The molecule has 9 nitrogen and oxygen atoms in total. The van der Waals surface area contributed by atoms with Gasteiger partial charge in [-0.15, -0.1) is 0 Å². The molecule has 0 bridgehead atoms. The lowest BCUT2D eigenvalue weighted by molar-refractivity contribution is -0.167. The largest absolute Gasteiger partial charge is 0.497 e. The molecule has 9 heteroatoms. The Labute approximate surface area is 213 Å². The summed E-state index contributed by atoms with van der Waals surface area (Å²) in [5.74, 6) is 0.902. The summed E-state index contributed by atoms with van der Waals surface area (Å²) in [6.07, 6.45) is 4.33. The van der Waals surface area contributed by atoms with Crippen LogP contribution in [0.5, 0.6) is 11.5 Å². The number of nitrogens with zero attached hydrogens (tertiary/aromatic N) is 2. The van der Waals surface area contributed by atoms with E-state index in [4.69, 9.17) is 23.7 Å². The lowest BCUT2D eigenvalue weighted by atomic mass is 9.87. The van der Waals surface area contributed by atoms with Crippen LogP contribution in [0.3, 0.4) is 0 Å². The second-order valence-electron chi connectivity index (χ2n) is 10.1. The molecule has 0 N–H and O–H groups in total. The van der Waals surface area contributed by atoms with Crippen molar-refractivity contribution in [1.82, 2.24) is 9.80 Å². The van der Waals surface area contributed by atoms with Crippen LogP contribution in [0.15, 0.2) is 24.0 Å². The highest BCUT2D eigenvalue weighted by Crippen LogP contribution is 2.47. The number of carbonyl (C=O) groups excluding carboxylic acids is 2. The maximum atomic E-state index is 13.7. The molecule has 36 heavy (non-hydrogen) atoms. The van der Waals surface area contributed by atoms with Gasteiger partial charge in [0.1, 0.15) is 11.3 Å². The van der Waals surface area contributed by atoms with Gasteiger partial charge in [0.25, 0.3) is 0 Å². The van der Waals surface area contributed by atoms with E-state index in [9.17, 15) is 9.59 Å². The zero-order valence-corrected chi connectivity index (χ0v) is 22.2. The van der Waals surface area contributed by atoms with Crippen molar-refractivity contribution in [1.29, 1.82) is 0 Å². The molecule has 0 fully saturated rings. The Balaban J connectivity index is 1.73. The number of hydrogen-bond donors (Lipinski definition) is 0. The first-order chi connectivity index (χ1) is 17.2. The third kappa shape index (κ3) is 4.78. The Morgan fingerprint density at radius 1 is 1.19 bits per heavy atom. The normalized spacial score (nSPS) is 24.3. The average molecular weight is 503 g/mol. The number of hydrogen-bond acceptors (Lipinski definition) is 9. The number of carbonyl (C=O) groups is 2. The molecule has 1 aliphatic carbocycles. The van der Waals surface area contributed by atoms with Crippen LogP contribution in [-0.4, -0.2) is 87.6 Å². The average Bonchev–Trinajstić information content (AvgIpc) is 3.43. The van der Waals surface area contributed by atoms with E-state index in [1.165, 1.54) is 7.11 Å². The molecule has 1 aromatic carbocycles. The van der Waals surface area contributed by atoms with E-state index in [0.717, 1.165) is 49.2 Å². The summed E-state index contributed by atoms with van der Waals surface area (Å²) in [6, 6.07) is 4.09. The van der Waals surface area contributed by atoms with E-state index < -0.39 is 23.6 Å². The van der Waals surface area contributed by atoms with E-state index in [1.54, 1.807) is 33.0 Å². The Hall–Kier alpha value is -2.78. The number of esters is 2. The van der Waals surface area contributed by atoms with Gasteiger partial charge in [-0.05, 0) is 69.7 Å². The van der Waals surface area contributed by atoms with Crippen LogP contribution in [0.25, 0.3) is 0 Å². The van der Waals surface area contributed by atoms with Gasteiger partial charge in [0, 0.05) is 18.5 Å². The number of benzene rings is 1. The van der Waals surface area contributed by atoms with Crippen LogP contribution in [0.4, 0.5) is 0 Å². The molecule has 1 aromatic rings. The fourth-order valence-electron chi connectivity index (χ4n) is 5.29. The number of fused-ring (bicyclic) bond motifs is 4. The molecule has 4 atom stereocenters. The summed E-state index contributed by atoms with van der Waals surface area (Å²) in [4.78, 5) is 30.0. The van der Waals surface area contributed by atoms with Gasteiger partial charge < -0.3 is 23.7 Å². The molecular weight excluding hydrogens is 464 g/mol. The highest BCUT2D eigenvalue weighted by atomic mass is 16.7. The maximum Gasteiger partial charge on any atom is 0.327 e.